The molecule has 2 rings (SSSR count). The van der Waals surface area contributed by atoms with Crippen LogP contribution >= 0.6 is 0 Å². The Morgan fingerprint density at radius 2 is 2.00 bits per heavy atom. The average Bonchev–Trinajstić information content (AvgIpc) is 2.85. The molecule has 0 aromatic heterocycles. The molecule has 0 spiro atoms. The van der Waals surface area contributed by atoms with Crippen molar-refractivity contribution >= 4 is 12.6 Å². The standard InChI is InChI=1S/C10H13BO2/c1-7-6-9(8-2-3-8)4-5-10(7)11(12)13/h4-6,8,12-13H,2-3H2,1H3. The maximum absolute atomic E-state index is 9.01. The summed E-state index contributed by atoms with van der Waals surface area (Å²) >= 11 is 0. The van der Waals surface area contributed by atoms with Gasteiger partial charge >= 0.3 is 7.12 Å². The highest BCUT2D eigenvalue weighted by atomic mass is 16.4. The van der Waals surface area contributed by atoms with E-state index in [0.29, 0.717) is 5.46 Å². The molecule has 1 aromatic carbocycles. The van der Waals surface area contributed by atoms with E-state index in [-0.39, 0.29) is 0 Å². The highest BCUT2D eigenvalue weighted by molar-refractivity contribution is 6.59. The highest BCUT2D eigenvalue weighted by Crippen LogP contribution is 2.39. The molecule has 0 saturated heterocycles. The van der Waals surface area contributed by atoms with E-state index in [9.17, 15) is 0 Å². The van der Waals surface area contributed by atoms with Crippen LogP contribution in [0.5, 0.6) is 0 Å². The molecular formula is C10H13BO2. The summed E-state index contributed by atoms with van der Waals surface area (Å²) in [5.74, 6) is 0.726. The Balaban J connectivity index is 2.31. The summed E-state index contributed by atoms with van der Waals surface area (Å²) in [4.78, 5) is 0. The van der Waals surface area contributed by atoms with Crippen molar-refractivity contribution in [2.24, 2.45) is 0 Å². The number of rotatable bonds is 2. The lowest BCUT2D eigenvalue weighted by Gasteiger charge is -2.06. The fourth-order valence-electron chi connectivity index (χ4n) is 1.66. The maximum Gasteiger partial charge on any atom is 0.488 e. The molecule has 68 valence electrons. The van der Waals surface area contributed by atoms with Gasteiger partial charge in [0.05, 0.1) is 0 Å². The third kappa shape index (κ3) is 1.76. The Morgan fingerprint density at radius 1 is 1.31 bits per heavy atom. The van der Waals surface area contributed by atoms with Crippen LogP contribution in [0.3, 0.4) is 0 Å². The second-order valence-electron chi connectivity index (χ2n) is 3.76. The normalized spacial score (nSPS) is 15.9. The van der Waals surface area contributed by atoms with E-state index in [0.717, 1.165) is 11.5 Å². The van der Waals surface area contributed by atoms with Crippen LogP contribution in [0.25, 0.3) is 0 Å². The van der Waals surface area contributed by atoms with Crippen molar-refractivity contribution in [3.05, 3.63) is 29.3 Å². The summed E-state index contributed by atoms with van der Waals surface area (Å²) in [6.07, 6.45) is 2.56. The first-order valence-electron chi connectivity index (χ1n) is 4.65. The number of hydrogen-bond donors (Lipinski definition) is 2. The first-order chi connectivity index (χ1) is 6.18. The number of aryl methyl sites for hydroxylation is 1. The van der Waals surface area contributed by atoms with Crippen molar-refractivity contribution in [2.45, 2.75) is 25.7 Å². The predicted molar refractivity (Wildman–Crippen MR) is 53.0 cm³/mol. The zero-order chi connectivity index (χ0) is 9.42. The lowest BCUT2D eigenvalue weighted by molar-refractivity contribution is 0.425. The minimum absolute atomic E-state index is 0.615. The number of hydrogen-bond acceptors (Lipinski definition) is 2. The highest BCUT2D eigenvalue weighted by Gasteiger charge is 2.24. The Labute approximate surface area is 78.4 Å². The zero-order valence-electron chi connectivity index (χ0n) is 7.70. The van der Waals surface area contributed by atoms with E-state index < -0.39 is 7.12 Å². The average molecular weight is 176 g/mol. The van der Waals surface area contributed by atoms with Gasteiger partial charge in [0.15, 0.2) is 0 Å². The quantitative estimate of drug-likeness (QED) is 0.646. The van der Waals surface area contributed by atoms with E-state index in [1.54, 1.807) is 0 Å². The molecule has 2 N–H and O–H groups in total. The molecule has 1 aliphatic carbocycles. The third-order valence-corrected chi connectivity index (χ3v) is 2.62. The molecule has 2 nitrogen and oxygen atoms in total. The van der Waals surface area contributed by atoms with Crippen molar-refractivity contribution in [1.82, 2.24) is 0 Å². The first kappa shape index (κ1) is 8.79. The van der Waals surface area contributed by atoms with Crippen LogP contribution in [0.4, 0.5) is 0 Å². The molecule has 0 amide bonds. The van der Waals surface area contributed by atoms with Crippen molar-refractivity contribution in [1.29, 1.82) is 0 Å². The van der Waals surface area contributed by atoms with Crippen LogP contribution in [0, 0.1) is 6.92 Å². The Morgan fingerprint density at radius 3 is 2.46 bits per heavy atom. The Bertz CT molecular complexity index is 319. The molecule has 3 heteroatoms. The van der Waals surface area contributed by atoms with Gasteiger partial charge in [-0.3, -0.25) is 0 Å². The van der Waals surface area contributed by atoms with E-state index >= 15 is 0 Å². The van der Waals surface area contributed by atoms with Crippen LogP contribution in [0.2, 0.25) is 0 Å². The van der Waals surface area contributed by atoms with Gasteiger partial charge in [-0.25, -0.2) is 0 Å². The van der Waals surface area contributed by atoms with Gasteiger partial charge in [-0.1, -0.05) is 23.8 Å². The van der Waals surface area contributed by atoms with E-state index in [4.69, 9.17) is 10.0 Å². The van der Waals surface area contributed by atoms with Gasteiger partial charge in [0.1, 0.15) is 0 Å². The van der Waals surface area contributed by atoms with Gasteiger partial charge in [0.25, 0.3) is 0 Å². The minimum atomic E-state index is -1.34. The largest absolute Gasteiger partial charge is 0.488 e. The zero-order valence-corrected chi connectivity index (χ0v) is 7.70. The van der Waals surface area contributed by atoms with Crippen molar-refractivity contribution < 1.29 is 10.0 Å². The Hall–Kier alpha value is -0.795. The maximum atomic E-state index is 9.01. The summed E-state index contributed by atoms with van der Waals surface area (Å²) < 4.78 is 0. The molecule has 0 heterocycles. The first-order valence-corrected chi connectivity index (χ1v) is 4.65. The smallest absolute Gasteiger partial charge is 0.423 e. The minimum Gasteiger partial charge on any atom is -0.423 e. The molecule has 0 radical (unpaired) electrons. The second kappa shape index (κ2) is 3.16. The fraction of sp³-hybridized carbons (Fsp3) is 0.400. The van der Waals surface area contributed by atoms with Crippen LogP contribution in [-0.4, -0.2) is 17.2 Å². The molecule has 1 saturated carbocycles. The van der Waals surface area contributed by atoms with Crippen molar-refractivity contribution in [2.75, 3.05) is 0 Å². The molecule has 1 fully saturated rings. The van der Waals surface area contributed by atoms with Crippen LogP contribution in [0.1, 0.15) is 29.9 Å². The summed E-state index contributed by atoms with van der Waals surface area (Å²) in [6.45, 7) is 1.92. The molecule has 0 atom stereocenters. The fourth-order valence-corrected chi connectivity index (χ4v) is 1.66. The molecule has 1 aromatic rings. The molecule has 13 heavy (non-hydrogen) atoms. The van der Waals surface area contributed by atoms with Gasteiger partial charge in [-0.15, -0.1) is 0 Å². The van der Waals surface area contributed by atoms with Crippen LogP contribution in [0.15, 0.2) is 18.2 Å². The van der Waals surface area contributed by atoms with Crippen molar-refractivity contribution in [3.8, 4) is 0 Å². The SMILES string of the molecule is Cc1cc(C2CC2)ccc1B(O)O. The Kier molecular flexibility index (Phi) is 2.14. The van der Waals surface area contributed by atoms with E-state index in [1.807, 2.05) is 19.1 Å². The van der Waals surface area contributed by atoms with Crippen LogP contribution < -0.4 is 5.46 Å². The third-order valence-electron chi connectivity index (χ3n) is 2.62. The van der Waals surface area contributed by atoms with E-state index in [1.165, 1.54) is 18.4 Å². The molecule has 0 unspecified atom stereocenters. The van der Waals surface area contributed by atoms with E-state index in [2.05, 4.69) is 6.07 Å². The molecule has 0 bridgehead atoms. The van der Waals surface area contributed by atoms with Gasteiger partial charge in [0.2, 0.25) is 0 Å². The lowest BCUT2D eigenvalue weighted by Crippen LogP contribution is -2.32. The molecule has 1 aliphatic rings. The van der Waals surface area contributed by atoms with Gasteiger partial charge in [0, 0.05) is 0 Å². The summed E-state index contributed by atoms with van der Waals surface area (Å²) in [7, 11) is -1.34. The van der Waals surface area contributed by atoms with Gasteiger partial charge in [-0.2, -0.15) is 0 Å². The summed E-state index contributed by atoms with van der Waals surface area (Å²) in [5, 5.41) is 18.0. The van der Waals surface area contributed by atoms with Gasteiger partial charge in [-0.05, 0) is 36.7 Å². The monoisotopic (exact) mass is 176 g/mol. The lowest BCUT2D eigenvalue weighted by atomic mass is 9.77. The van der Waals surface area contributed by atoms with Gasteiger partial charge < -0.3 is 10.0 Å². The van der Waals surface area contributed by atoms with Crippen LogP contribution in [-0.2, 0) is 0 Å². The topological polar surface area (TPSA) is 40.5 Å². The second-order valence-corrected chi connectivity index (χ2v) is 3.76. The predicted octanol–water partition coefficient (Wildman–Crippen LogP) is 0.552. The van der Waals surface area contributed by atoms with Crippen molar-refractivity contribution in [3.63, 3.8) is 0 Å². The molecule has 0 aliphatic heterocycles. The number of benzene rings is 1. The summed E-state index contributed by atoms with van der Waals surface area (Å²) in [5.41, 5.74) is 2.92. The summed E-state index contributed by atoms with van der Waals surface area (Å²) in [6, 6.07) is 5.87. The molecular weight excluding hydrogens is 163 g/mol.